The number of hydrogen-bond donors (Lipinski definition) is 0. The van der Waals surface area contributed by atoms with Gasteiger partial charge in [-0.25, -0.2) is 4.79 Å². The van der Waals surface area contributed by atoms with Gasteiger partial charge in [0.15, 0.2) is 0 Å². The van der Waals surface area contributed by atoms with Crippen LogP contribution in [0.4, 0.5) is 0 Å². The Morgan fingerprint density at radius 3 is 2.26 bits per heavy atom. The van der Waals surface area contributed by atoms with Gasteiger partial charge in [-0.2, -0.15) is 0 Å². The molecular weight excluding hydrogens is 372 g/mol. The molecule has 0 saturated heterocycles. The number of unbranched alkanes of at least 4 members (excludes halogenated alkanes) is 6. The van der Waals surface area contributed by atoms with Crippen molar-refractivity contribution >= 4 is 28.6 Å². The molecule has 27 heavy (non-hydrogen) atoms. The van der Waals surface area contributed by atoms with E-state index >= 15 is 0 Å². The number of carbonyl (C=O) groups excluding carboxylic acids is 1. The molecular formula is C23H34O2S2. The van der Waals surface area contributed by atoms with Gasteiger partial charge in [0.1, 0.15) is 4.88 Å². The van der Waals surface area contributed by atoms with Gasteiger partial charge in [-0.1, -0.05) is 52.4 Å². The van der Waals surface area contributed by atoms with Gasteiger partial charge in [-0.05, 0) is 56.4 Å². The summed E-state index contributed by atoms with van der Waals surface area (Å²) in [4.78, 5) is 17.0. The summed E-state index contributed by atoms with van der Waals surface area (Å²) in [6.07, 6.45) is 12.4. The summed E-state index contributed by atoms with van der Waals surface area (Å²) in [5, 5.41) is 0. The van der Waals surface area contributed by atoms with Crippen LogP contribution in [0.1, 0.15) is 92.3 Å². The molecule has 150 valence electrons. The van der Waals surface area contributed by atoms with Crippen molar-refractivity contribution in [3.05, 3.63) is 33.5 Å². The minimum Gasteiger partial charge on any atom is -0.462 e. The molecule has 2 nitrogen and oxygen atoms in total. The van der Waals surface area contributed by atoms with Crippen LogP contribution in [0.25, 0.3) is 9.75 Å². The minimum atomic E-state index is -0.181. The lowest BCUT2D eigenvalue weighted by atomic mass is 10.1. The van der Waals surface area contributed by atoms with E-state index in [9.17, 15) is 4.79 Å². The average molecular weight is 407 g/mol. The number of thiophene rings is 2. The average Bonchev–Trinajstić information content (AvgIpc) is 3.29. The second kappa shape index (κ2) is 12.4. The predicted molar refractivity (Wildman–Crippen MR) is 119 cm³/mol. The van der Waals surface area contributed by atoms with E-state index in [1.807, 2.05) is 18.3 Å². The Balaban J connectivity index is 2.12. The minimum absolute atomic E-state index is 0.181. The second-order valence-electron chi connectivity index (χ2n) is 7.07. The second-order valence-corrected chi connectivity index (χ2v) is 9.29. The van der Waals surface area contributed by atoms with E-state index < -0.39 is 0 Å². The maximum absolute atomic E-state index is 12.2. The SMILES string of the molecule is CCCCCCc1ccc(-c2sc(C(=O)OCC)cc2CCCCCC)s1. The van der Waals surface area contributed by atoms with Crippen molar-refractivity contribution in [2.45, 2.75) is 85.0 Å². The Bertz CT molecular complexity index is 684. The van der Waals surface area contributed by atoms with Crippen LogP contribution in [-0.4, -0.2) is 12.6 Å². The maximum atomic E-state index is 12.2. The Labute approximate surface area is 173 Å². The number of rotatable bonds is 13. The molecule has 0 amide bonds. The molecule has 0 aliphatic carbocycles. The molecule has 0 saturated carbocycles. The van der Waals surface area contributed by atoms with E-state index in [-0.39, 0.29) is 5.97 Å². The zero-order valence-electron chi connectivity index (χ0n) is 17.1. The predicted octanol–water partition coefficient (Wildman–Crippen LogP) is 7.90. The fourth-order valence-electron chi connectivity index (χ4n) is 3.23. The van der Waals surface area contributed by atoms with Crippen molar-refractivity contribution in [2.24, 2.45) is 0 Å². The van der Waals surface area contributed by atoms with Gasteiger partial charge >= 0.3 is 5.97 Å². The topological polar surface area (TPSA) is 26.3 Å². The highest BCUT2D eigenvalue weighted by atomic mass is 32.1. The molecule has 0 aliphatic rings. The molecule has 0 atom stereocenters. The molecule has 0 bridgehead atoms. The number of esters is 1. The molecule has 2 heterocycles. The first-order valence-corrected chi connectivity index (χ1v) is 12.2. The molecule has 0 radical (unpaired) electrons. The number of ether oxygens (including phenoxy) is 1. The molecule has 2 aromatic heterocycles. The first-order chi connectivity index (χ1) is 13.2. The Hall–Kier alpha value is -1.13. The van der Waals surface area contributed by atoms with Gasteiger partial charge in [0.25, 0.3) is 0 Å². The molecule has 2 aromatic rings. The van der Waals surface area contributed by atoms with Gasteiger partial charge < -0.3 is 4.74 Å². The van der Waals surface area contributed by atoms with Crippen LogP contribution in [0, 0.1) is 0 Å². The lowest BCUT2D eigenvalue weighted by Gasteiger charge is -2.02. The van der Waals surface area contributed by atoms with Gasteiger partial charge in [-0.15, -0.1) is 22.7 Å². The number of carbonyl (C=O) groups is 1. The summed E-state index contributed by atoms with van der Waals surface area (Å²) in [7, 11) is 0. The van der Waals surface area contributed by atoms with Crippen LogP contribution in [0.3, 0.4) is 0 Å². The lowest BCUT2D eigenvalue weighted by molar-refractivity contribution is 0.0532. The van der Waals surface area contributed by atoms with Crippen LogP contribution >= 0.6 is 22.7 Å². The van der Waals surface area contributed by atoms with Gasteiger partial charge in [0, 0.05) is 14.6 Å². The highest BCUT2D eigenvalue weighted by Gasteiger charge is 2.18. The smallest absolute Gasteiger partial charge is 0.348 e. The molecule has 0 aromatic carbocycles. The van der Waals surface area contributed by atoms with Gasteiger partial charge in [0.2, 0.25) is 0 Å². The molecule has 0 spiro atoms. The molecule has 0 N–H and O–H groups in total. The monoisotopic (exact) mass is 406 g/mol. The number of aryl methyl sites for hydroxylation is 2. The molecule has 0 unspecified atom stereocenters. The summed E-state index contributed by atoms with van der Waals surface area (Å²) < 4.78 is 5.23. The van der Waals surface area contributed by atoms with E-state index in [0.29, 0.717) is 6.61 Å². The third-order valence-corrected chi connectivity index (χ3v) is 7.23. The van der Waals surface area contributed by atoms with E-state index in [0.717, 1.165) is 11.3 Å². The standard InChI is InChI=1S/C23H34O2S2/c1-4-7-9-11-13-18-17-21(23(24)25-6-3)27-22(18)20-16-15-19(26-20)14-12-10-8-5-2/h15-17H,4-14H2,1-3H3. The zero-order valence-corrected chi connectivity index (χ0v) is 18.8. The molecule has 2 rings (SSSR count). The highest BCUT2D eigenvalue weighted by Crippen LogP contribution is 2.38. The van der Waals surface area contributed by atoms with Crippen molar-refractivity contribution in [2.75, 3.05) is 6.61 Å². The summed E-state index contributed by atoms with van der Waals surface area (Å²) in [5.74, 6) is -0.181. The highest BCUT2D eigenvalue weighted by molar-refractivity contribution is 7.23. The zero-order chi connectivity index (χ0) is 19.5. The molecule has 0 aliphatic heterocycles. The fourth-order valence-corrected chi connectivity index (χ4v) is 5.53. The van der Waals surface area contributed by atoms with Crippen molar-refractivity contribution < 1.29 is 9.53 Å². The van der Waals surface area contributed by atoms with Crippen molar-refractivity contribution in [1.82, 2.24) is 0 Å². The van der Waals surface area contributed by atoms with Crippen LogP contribution in [0.2, 0.25) is 0 Å². The molecule has 0 fully saturated rings. The van der Waals surface area contributed by atoms with E-state index in [2.05, 4.69) is 32.0 Å². The quantitative estimate of drug-likeness (QED) is 0.249. The van der Waals surface area contributed by atoms with Crippen LogP contribution < -0.4 is 0 Å². The number of hydrogen-bond acceptors (Lipinski definition) is 4. The van der Waals surface area contributed by atoms with Gasteiger partial charge in [0.05, 0.1) is 6.61 Å². The summed E-state index contributed by atoms with van der Waals surface area (Å²) >= 11 is 3.50. The van der Waals surface area contributed by atoms with Crippen molar-refractivity contribution in [3.63, 3.8) is 0 Å². The normalized spacial score (nSPS) is 11.1. The van der Waals surface area contributed by atoms with Crippen LogP contribution in [-0.2, 0) is 17.6 Å². The molecule has 4 heteroatoms. The first-order valence-electron chi connectivity index (χ1n) is 10.6. The Kier molecular flexibility index (Phi) is 10.1. The fraction of sp³-hybridized carbons (Fsp3) is 0.609. The van der Waals surface area contributed by atoms with Crippen LogP contribution in [0.15, 0.2) is 18.2 Å². The Morgan fingerprint density at radius 2 is 1.59 bits per heavy atom. The summed E-state index contributed by atoms with van der Waals surface area (Å²) in [5.41, 5.74) is 1.32. The Morgan fingerprint density at radius 1 is 0.889 bits per heavy atom. The largest absolute Gasteiger partial charge is 0.462 e. The maximum Gasteiger partial charge on any atom is 0.348 e. The van der Waals surface area contributed by atoms with Crippen LogP contribution in [0.5, 0.6) is 0 Å². The lowest BCUT2D eigenvalue weighted by Crippen LogP contribution is -2.01. The van der Waals surface area contributed by atoms with E-state index in [1.165, 1.54) is 78.0 Å². The van der Waals surface area contributed by atoms with E-state index in [4.69, 9.17) is 4.74 Å². The summed E-state index contributed by atoms with van der Waals surface area (Å²) in [6.45, 7) is 6.78. The third-order valence-electron chi connectivity index (χ3n) is 4.75. The summed E-state index contributed by atoms with van der Waals surface area (Å²) in [6, 6.07) is 6.59. The van der Waals surface area contributed by atoms with E-state index in [1.54, 1.807) is 11.3 Å². The van der Waals surface area contributed by atoms with Crippen molar-refractivity contribution in [1.29, 1.82) is 0 Å². The van der Waals surface area contributed by atoms with Crippen molar-refractivity contribution in [3.8, 4) is 9.75 Å². The first kappa shape index (κ1) is 22.2. The van der Waals surface area contributed by atoms with Gasteiger partial charge in [-0.3, -0.25) is 0 Å². The third kappa shape index (κ3) is 7.08.